The Hall–Kier alpha value is -2.67. The van der Waals surface area contributed by atoms with Gasteiger partial charge in [-0.15, -0.1) is 0 Å². The van der Waals surface area contributed by atoms with E-state index in [1.165, 1.54) is 6.92 Å². The monoisotopic (exact) mass is 335 g/mol. The Morgan fingerprint density at radius 3 is 2.65 bits per heavy atom. The van der Waals surface area contributed by atoms with Crippen LogP contribution in [0.5, 0.6) is 0 Å². The van der Waals surface area contributed by atoms with Crippen molar-refractivity contribution in [2.75, 3.05) is 5.32 Å². The largest absolute Gasteiger partial charge is 0.324 e. The Bertz CT molecular complexity index is 845. The van der Waals surface area contributed by atoms with Crippen molar-refractivity contribution in [3.8, 4) is 0 Å². The van der Waals surface area contributed by atoms with Gasteiger partial charge >= 0.3 is 0 Å². The van der Waals surface area contributed by atoms with Crippen LogP contribution in [0.2, 0.25) is 5.02 Å². The van der Waals surface area contributed by atoms with Gasteiger partial charge in [-0.25, -0.2) is 0 Å². The van der Waals surface area contributed by atoms with Crippen molar-refractivity contribution in [2.24, 2.45) is 0 Å². The van der Waals surface area contributed by atoms with E-state index in [1.807, 2.05) is 0 Å². The van der Waals surface area contributed by atoms with Crippen molar-refractivity contribution >= 4 is 28.9 Å². The summed E-state index contributed by atoms with van der Waals surface area (Å²) >= 11 is 5.98. The molecule has 0 fully saturated rings. The van der Waals surface area contributed by atoms with Crippen LogP contribution in [-0.2, 0) is 11.3 Å². The Morgan fingerprint density at radius 1 is 1.30 bits per heavy atom. The lowest BCUT2D eigenvalue weighted by atomic mass is 10.2. The molecule has 0 radical (unpaired) electrons. The molecule has 1 heterocycles. The molecule has 7 nitrogen and oxygen atoms in total. The molecule has 8 heteroatoms. The van der Waals surface area contributed by atoms with Crippen LogP contribution >= 0.6 is 11.6 Å². The predicted molar refractivity (Wildman–Crippen MR) is 86.9 cm³/mol. The molecule has 0 saturated heterocycles. The lowest BCUT2D eigenvalue weighted by Crippen LogP contribution is -2.29. The van der Waals surface area contributed by atoms with Crippen molar-refractivity contribution in [3.63, 3.8) is 0 Å². The average molecular weight is 336 g/mol. The fourth-order valence-electron chi connectivity index (χ4n) is 2.13. The van der Waals surface area contributed by atoms with Crippen LogP contribution in [0.25, 0.3) is 0 Å². The number of halogens is 1. The number of hydrogen-bond donors (Lipinski definition) is 1. The SMILES string of the molecule is Cc1c(Cl)cccc1NC(=O)Cn1c(C)c([N+](=O)[O-])ccc1=O. The van der Waals surface area contributed by atoms with E-state index in [4.69, 9.17) is 11.6 Å². The molecule has 0 unspecified atom stereocenters. The highest BCUT2D eigenvalue weighted by Gasteiger charge is 2.17. The molecule has 0 aliphatic heterocycles. The zero-order chi connectivity index (χ0) is 17.1. The van der Waals surface area contributed by atoms with Crippen LogP contribution in [0.15, 0.2) is 35.1 Å². The third-order valence-electron chi connectivity index (χ3n) is 3.47. The van der Waals surface area contributed by atoms with Gasteiger partial charge in [0.25, 0.3) is 11.2 Å². The summed E-state index contributed by atoms with van der Waals surface area (Å²) in [4.78, 5) is 34.3. The van der Waals surface area contributed by atoms with E-state index in [9.17, 15) is 19.7 Å². The fraction of sp³-hybridized carbons (Fsp3) is 0.200. The first-order valence-electron chi connectivity index (χ1n) is 6.71. The zero-order valence-electron chi connectivity index (χ0n) is 12.5. The fourth-order valence-corrected chi connectivity index (χ4v) is 2.30. The van der Waals surface area contributed by atoms with Crippen LogP contribution < -0.4 is 10.9 Å². The number of aromatic nitrogens is 1. The number of nitrogens with one attached hydrogen (secondary N) is 1. The van der Waals surface area contributed by atoms with Gasteiger partial charge in [0.05, 0.1) is 10.6 Å². The zero-order valence-corrected chi connectivity index (χ0v) is 13.3. The summed E-state index contributed by atoms with van der Waals surface area (Å²) in [7, 11) is 0. The van der Waals surface area contributed by atoms with Gasteiger partial charge in [0.15, 0.2) is 0 Å². The van der Waals surface area contributed by atoms with E-state index in [2.05, 4.69) is 5.32 Å². The summed E-state index contributed by atoms with van der Waals surface area (Å²) in [5.41, 5.74) is 0.659. The Balaban J connectivity index is 2.27. The molecule has 0 bridgehead atoms. The number of anilines is 1. The number of carbonyl (C=O) groups excluding carboxylic acids is 1. The van der Waals surface area contributed by atoms with Gasteiger partial charge in [0.2, 0.25) is 5.91 Å². The highest BCUT2D eigenvalue weighted by Crippen LogP contribution is 2.23. The topological polar surface area (TPSA) is 94.2 Å². The molecule has 0 saturated carbocycles. The summed E-state index contributed by atoms with van der Waals surface area (Å²) in [6.07, 6.45) is 0. The maximum Gasteiger partial charge on any atom is 0.288 e. The molecular weight excluding hydrogens is 322 g/mol. The number of hydrogen-bond acceptors (Lipinski definition) is 4. The minimum absolute atomic E-state index is 0.125. The molecule has 0 aliphatic carbocycles. The van der Waals surface area contributed by atoms with Crippen molar-refractivity contribution in [3.05, 3.63) is 67.1 Å². The van der Waals surface area contributed by atoms with Crippen LogP contribution in [0.3, 0.4) is 0 Å². The van der Waals surface area contributed by atoms with E-state index in [1.54, 1.807) is 25.1 Å². The summed E-state index contributed by atoms with van der Waals surface area (Å²) in [5, 5.41) is 14.1. The molecule has 1 aromatic heterocycles. The molecule has 1 aromatic carbocycles. The minimum Gasteiger partial charge on any atom is -0.324 e. The highest BCUT2D eigenvalue weighted by molar-refractivity contribution is 6.31. The quantitative estimate of drug-likeness (QED) is 0.686. The van der Waals surface area contributed by atoms with Gasteiger partial charge in [-0.1, -0.05) is 17.7 Å². The Kier molecular flexibility index (Phi) is 4.80. The molecule has 0 atom stereocenters. The molecule has 1 N–H and O–H groups in total. The van der Waals surface area contributed by atoms with Crippen molar-refractivity contribution in [1.82, 2.24) is 4.57 Å². The summed E-state index contributed by atoms with van der Waals surface area (Å²) < 4.78 is 1.06. The van der Waals surface area contributed by atoms with E-state index in [0.717, 1.165) is 16.7 Å². The van der Waals surface area contributed by atoms with Crippen LogP contribution in [0.4, 0.5) is 11.4 Å². The lowest BCUT2D eigenvalue weighted by molar-refractivity contribution is -0.386. The van der Waals surface area contributed by atoms with Gasteiger partial charge in [-0.2, -0.15) is 0 Å². The van der Waals surface area contributed by atoms with Crippen LogP contribution in [-0.4, -0.2) is 15.4 Å². The molecule has 2 rings (SSSR count). The second-order valence-electron chi connectivity index (χ2n) is 4.95. The van der Waals surface area contributed by atoms with Crippen molar-refractivity contribution in [2.45, 2.75) is 20.4 Å². The molecule has 1 amide bonds. The first-order chi connectivity index (χ1) is 10.8. The normalized spacial score (nSPS) is 10.4. The van der Waals surface area contributed by atoms with Gasteiger partial charge < -0.3 is 5.32 Å². The predicted octanol–water partition coefficient (Wildman–Crippen LogP) is 2.67. The third kappa shape index (κ3) is 3.57. The maximum absolute atomic E-state index is 12.1. The first-order valence-corrected chi connectivity index (χ1v) is 7.09. The van der Waals surface area contributed by atoms with Gasteiger partial charge in [-0.3, -0.25) is 24.3 Å². The van der Waals surface area contributed by atoms with E-state index >= 15 is 0 Å². The average Bonchev–Trinajstić information content (AvgIpc) is 2.48. The number of amides is 1. The number of carbonyl (C=O) groups is 1. The van der Waals surface area contributed by atoms with Gasteiger partial charge in [0, 0.05) is 22.8 Å². The minimum atomic E-state index is -0.593. The standard InChI is InChI=1S/C15H14ClN3O4/c1-9-11(16)4-3-5-12(9)17-14(20)8-18-10(2)13(19(22)23)6-7-15(18)21/h3-7H,8H2,1-2H3,(H,17,20). The number of pyridine rings is 1. The maximum atomic E-state index is 12.1. The van der Waals surface area contributed by atoms with Crippen molar-refractivity contribution < 1.29 is 9.72 Å². The van der Waals surface area contributed by atoms with Crippen LogP contribution in [0.1, 0.15) is 11.3 Å². The summed E-state index contributed by atoms with van der Waals surface area (Å²) in [6, 6.07) is 7.27. The summed E-state index contributed by atoms with van der Waals surface area (Å²) in [6.45, 7) is 2.86. The van der Waals surface area contributed by atoms with Crippen molar-refractivity contribution in [1.29, 1.82) is 0 Å². The van der Waals surface area contributed by atoms with Gasteiger partial charge in [-0.05, 0) is 31.5 Å². The lowest BCUT2D eigenvalue weighted by Gasteiger charge is -2.12. The number of benzene rings is 1. The Labute approximate surface area is 136 Å². The molecular formula is C15H14ClN3O4. The molecule has 120 valence electrons. The molecule has 2 aromatic rings. The molecule has 0 aliphatic rings. The summed E-state index contributed by atoms with van der Waals surface area (Å²) in [5.74, 6) is -0.471. The van der Waals surface area contributed by atoms with Gasteiger partial charge in [0.1, 0.15) is 6.54 Å². The number of rotatable bonds is 4. The second-order valence-corrected chi connectivity index (χ2v) is 5.35. The van der Waals surface area contributed by atoms with E-state index in [0.29, 0.717) is 16.3 Å². The molecule has 0 spiro atoms. The number of nitro groups is 1. The number of nitrogens with zero attached hydrogens (tertiary/aromatic N) is 2. The molecule has 23 heavy (non-hydrogen) atoms. The second kappa shape index (κ2) is 6.62. The third-order valence-corrected chi connectivity index (χ3v) is 3.88. The Morgan fingerprint density at radius 2 is 2.00 bits per heavy atom. The van der Waals surface area contributed by atoms with E-state index in [-0.39, 0.29) is 17.9 Å². The van der Waals surface area contributed by atoms with Crippen LogP contribution in [0, 0.1) is 24.0 Å². The highest BCUT2D eigenvalue weighted by atomic mass is 35.5. The first kappa shape index (κ1) is 16.7. The smallest absolute Gasteiger partial charge is 0.288 e. The van der Waals surface area contributed by atoms with E-state index < -0.39 is 16.4 Å².